The van der Waals surface area contributed by atoms with Gasteiger partial charge in [-0.3, -0.25) is 0 Å². The summed E-state index contributed by atoms with van der Waals surface area (Å²) in [5.74, 6) is 0.632. The second-order valence-electron chi connectivity index (χ2n) is 5.12. The van der Waals surface area contributed by atoms with Crippen molar-refractivity contribution in [1.82, 2.24) is 0 Å². The summed E-state index contributed by atoms with van der Waals surface area (Å²) >= 11 is 0. The van der Waals surface area contributed by atoms with Gasteiger partial charge in [0, 0.05) is 5.56 Å². The third kappa shape index (κ3) is 4.13. The second kappa shape index (κ2) is 5.93. The zero-order valence-electron chi connectivity index (χ0n) is 12.0. The maximum Gasteiger partial charge on any atom is 0.328 e. The molecular weight excluding hydrogens is 246 g/mol. The van der Waals surface area contributed by atoms with Gasteiger partial charge in [0.25, 0.3) is 0 Å². The van der Waals surface area contributed by atoms with Crippen molar-refractivity contribution < 1.29 is 19.0 Å². The summed E-state index contributed by atoms with van der Waals surface area (Å²) in [6.07, 6.45) is 0. The Morgan fingerprint density at radius 3 is 2.32 bits per heavy atom. The van der Waals surface area contributed by atoms with Gasteiger partial charge < -0.3 is 19.9 Å². The van der Waals surface area contributed by atoms with Gasteiger partial charge >= 0.3 is 5.97 Å². The van der Waals surface area contributed by atoms with Crippen molar-refractivity contribution in [3.8, 4) is 11.5 Å². The van der Waals surface area contributed by atoms with Crippen LogP contribution >= 0.6 is 0 Å². The maximum absolute atomic E-state index is 12.0. The summed E-state index contributed by atoms with van der Waals surface area (Å²) in [6, 6.07) is 4.21. The number of carbonyl (C=O) groups excluding carboxylic acids is 1. The first-order chi connectivity index (χ1) is 8.78. The summed E-state index contributed by atoms with van der Waals surface area (Å²) in [7, 11) is 3.07. The highest BCUT2D eigenvalue weighted by molar-refractivity contribution is 5.79. The van der Waals surface area contributed by atoms with E-state index in [4.69, 9.17) is 19.9 Å². The second-order valence-corrected chi connectivity index (χ2v) is 5.12. The molecule has 0 amide bonds. The fourth-order valence-corrected chi connectivity index (χ4v) is 1.57. The molecule has 2 N–H and O–H groups in total. The van der Waals surface area contributed by atoms with E-state index in [0.29, 0.717) is 17.1 Å². The number of ether oxygens (including phenoxy) is 3. The lowest BCUT2D eigenvalue weighted by molar-refractivity contribution is -0.156. The molecule has 0 heterocycles. The van der Waals surface area contributed by atoms with Crippen LogP contribution in [0.3, 0.4) is 0 Å². The summed E-state index contributed by atoms with van der Waals surface area (Å²) in [5, 5.41) is 0. The molecule has 0 bridgehead atoms. The van der Waals surface area contributed by atoms with Crippen molar-refractivity contribution >= 4 is 5.97 Å². The van der Waals surface area contributed by atoms with Gasteiger partial charge in [-0.1, -0.05) is 0 Å². The Balaban J connectivity index is 3.03. The Morgan fingerprint density at radius 2 is 1.84 bits per heavy atom. The fraction of sp³-hybridized carbons (Fsp3) is 0.500. The Kier molecular flexibility index (Phi) is 4.78. The average Bonchev–Trinajstić information content (AvgIpc) is 2.35. The zero-order chi connectivity index (χ0) is 14.6. The Hall–Kier alpha value is -1.75. The molecular formula is C14H21NO4. The largest absolute Gasteiger partial charge is 0.497 e. The molecule has 1 aromatic carbocycles. The first-order valence-electron chi connectivity index (χ1n) is 5.99. The molecule has 5 heteroatoms. The van der Waals surface area contributed by atoms with Crippen LogP contribution in [-0.4, -0.2) is 25.8 Å². The van der Waals surface area contributed by atoms with Crippen molar-refractivity contribution in [2.45, 2.75) is 32.4 Å². The quantitative estimate of drug-likeness (QED) is 0.845. The standard InChI is InChI=1S/C14H21NO4/c1-14(2,3)19-13(16)12(15)10-8-9(17-4)6-7-11(10)18-5/h6-8,12H,15H2,1-5H3. The third-order valence-electron chi connectivity index (χ3n) is 2.43. The van der Waals surface area contributed by atoms with Crippen molar-refractivity contribution in [3.63, 3.8) is 0 Å². The van der Waals surface area contributed by atoms with Gasteiger partial charge in [0.05, 0.1) is 14.2 Å². The minimum atomic E-state index is -0.913. The van der Waals surface area contributed by atoms with Gasteiger partial charge in [0.15, 0.2) is 0 Å². The molecule has 0 saturated carbocycles. The number of carbonyl (C=O) groups is 1. The molecule has 0 radical (unpaired) electrons. The number of rotatable bonds is 4. The monoisotopic (exact) mass is 267 g/mol. The Bertz CT molecular complexity index is 451. The molecule has 0 aromatic heterocycles. The fourth-order valence-electron chi connectivity index (χ4n) is 1.57. The van der Waals surface area contributed by atoms with Crippen LogP contribution in [0.2, 0.25) is 0 Å². The van der Waals surface area contributed by atoms with Crippen molar-refractivity contribution in [1.29, 1.82) is 0 Å². The average molecular weight is 267 g/mol. The van der Waals surface area contributed by atoms with Crippen LogP contribution in [0.4, 0.5) is 0 Å². The SMILES string of the molecule is COc1ccc(OC)c(C(N)C(=O)OC(C)(C)C)c1. The number of hydrogen-bond acceptors (Lipinski definition) is 5. The lowest BCUT2D eigenvalue weighted by Gasteiger charge is -2.23. The van der Waals surface area contributed by atoms with Gasteiger partial charge in [-0.15, -0.1) is 0 Å². The molecule has 0 aliphatic heterocycles. The summed E-state index contributed by atoms with van der Waals surface area (Å²) in [5.41, 5.74) is 5.89. The van der Waals surface area contributed by atoms with Crippen LogP contribution in [0.5, 0.6) is 11.5 Å². The van der Waals surface area contributed by atoms with Gasteiger partial charge in [-0.25, -0.2) is 4.79 Å². The van der Waals surface area contributed by atoms with Crippen LogP contribution in [0, 0.1) is 0 Å². The van der Waals surface area contributed by atoms with Crippen LogP contribution in [0.1, 0.15) is 32.4 Å². The minimum absolute atomic E-state index is 0.501. The van der Waals surface area contributed by atoms with Gasteiger partial charge in [0.1, 0.15) is 23.1 Å². The van der Waals surface area contributed by atoms with E-state index >= 15 is 0 Å². The highest BCUT2D eigenvalue weighted by Crippen LogP contribution is 2.29. The molecule has 1 aromatic rings. The Labute approximate surface area is 113 Å². The minimum Gasteiger partial charge on any atom is -0.497 e. The molecule has 106 valence electrons. The number of benzene rings is 1. The molecule has 0 spiro atoms. The normalized spacial score (nSPS) is 12.7. The van der Waals surface area contributed by atoms with Gasteiger partial charge in [0.2, 0.25) is 0 Å². The smallest absolute Gasteiger partial charge is 0.328 e. The summed E-state index contributed by atoms with van der Waals surface area (Å²) < 4.78 is 15.6. The van der Waals surface area contributed by atoms with Crippen molar-refractivity contribution in [2.75, 3.05) is 14.2 Å². The predicted molar refractivity (Wildman–Crippen MR) is 72.3 cm³/mol. The van der Waals surface area contributed by atoms with E-state index in [1.165, 1.54) is 7.11 Å². The van der Waals surface area contributed by atoms with Crippen molar-refractivity contribution in [2.24, 2.45) is 5.73 Å². The van der Waals surface area contributed by atoms with E-state index in [0.717, 1.165) is 0 Å². The number of methoxy groups -OCH3 is 2. The van der Waals surface area contributed by atoms with E-state index in [1.54, 1.807) is 46.1 Å². The zero-order valence-corrected chi connectivity index (χ0v) is 12.0. The van der Waals surface area contributed by atoms with E-state index in [2.05, 4.69) is 0 Å². The van der Waals surface area contributed by atoms with Crippen LogP contribution in [0.25, 0.3) is 0 Å². The molecule has 0 fully saturated rings. The lowest BCUT2D eigenvalue weighted by Crippen LogP contribution is -2.31. The van der Waals surface area contributed by atoms with Gasteiger partial charge in [-0.2, -0.15) is 0 Å². The first kappa shape index (κ1) is 15.3. The highest BCUT2D eigenvalue weighted by atomic mass is 16.6. The number of esters is 1. The highest BCUT2D eigenvalue weighted by Gasteiger charge is 2.26. The molecule has 0 aliphatic rings. The molecule has 1 atom stereocenters. The number of nitrogens with two attached hydrogens (primary N) is 1. The molecule has 1 unspecified atom stereocenters. The third-order valence-corrected chi connectivity index (χ3v) is 2.43. The molecule has 5 nitrogen and oxygen atoms in total. The maximum atomic E-state index is 12.0. The van der Waals surface area contributed by atoms with Crippen LogP contribution in [-0.2, 0) is 9.53 Å². The summed E-state index contributed by atoms with van der Waals surface area (Å²) in [6.45, 7) is 5.38. The Morgan fingerprint density at radius 1 is 1.21 bits per heavy atom. The summed E-state index contributed by atoms with van der Waals surface area (Å²) in [4.78, 5) is 12.0. The topological polar surface area (TPSA) is 70.8 Å². The molecule has 1 rings (SSSR count). The van der Waals surface area contributed by atoms with E-state index in [-0.39, 0.29) is 0 Å². The van der Waals surface area contributed by atoms with E-state index in [1.807, 2.05) is 0 Å². The van der Waals surface area contributed by atoms with E-state index in [9.17, 15) is 4.79 Å². The molecule has 0 aliphatic carbocycles. The molecule has 19 heavy (non-hydrogen) atoms. The van der Waals surface area contributed by atoms with Crippen molar-refractivity contribution in [3.05, 3.63) is 23.8 Å². The first-order valence-corrected chi connectivity index (χ1v) is 5.99. The van der Waals surface area contributed by atoms with Gasteiger partial charge in [-0.05, 0) is 39.0 Å². The van der Waals surface area contributed by atoms with Crippen LogP contribution in [0.15, 0.2) is 18.2 Å². The predicted octanol–water partition coefficient (Wildman–Crippen LogP) is 2.05. The molecule has 0 saturated heterocycles. The lowest BCUT2D eigenvalue weighted by atomic mass is 10.1. The number of hydrogen-bond donors (Lipinski definition) is 1. The van der Waals surface area contributed by atoms with E-state index < -0.39 is 17.6 Å². The van der Waals surface area contributed by atoms with Crippen LogP contribution < -0.4 is 15.2 Å².